The monoisotopic (exact) mass is 671 g/mol. The molecule has 1 aliphatic rings. The van der Waals surface area contributed by atoms with Crippen LogP contribution in [0, 0.1) is 6.92 Å². The van der Waals surface area contributed by atoms with Crippen LogP contribution in [0.5, 0.6) is 0 Å². The zero-order valence-electron chi connectivity index (χ0n) is 24.3. The molecule has 0 spiro atoms. The summed E-state index contributed by atoms with van der Waals surface area (Å²) in [6.07, 6.45) is 7.08. The first-order valence-electron chi connectivity index (χ1n) is 14.2. The van der Waals surface area contributed by atoms with Gasteiger partial charge in [-0.1, -0.05) is 65.0 Å². The van der Waals surface area contributed by atoms with Crippen LogP contribution in [-0.4, -0.2) is 50.0 Å². The van der Waals surface area contributed by atoms with Crippen molar-refractivity contribution in [2.24, 2.45) is 0 Å². The van der Waals surface area contributed by atoms with E-state index >= 15 is 0 Å². The lowest BCUT2D eigenvalue weighted by atomic mass is 9.95. The van der Waals surface area contributed by atoms with Gasteiger partial charge in [-0.15, -0.1) is 11.8 Å². The predicted molar refractivity (Wildman–Crippen MR) is 173 cm³/mol. The first-order chi connectivity index (χ1) is 20.1. The number of carbonyl (C=O) groups excluding carboxylic acids is 2. The zero-order valence-corrected chi connectivity index (χ0v) is 27.5. The summed E-state index contributed by atoms with van der Waals surface area (Å²) in [5.74, 6) is -0.700. The number of halogens is 1. The third kappa shape index (κ3) is 8.17. The molecule has 1 saturated carbocycles. The highest BCUT2D eigenvalue weighted by molar-refractivity contribution is 9.10. The van der Waals surface area contributed by atoms with Crippen LogP contribution in [-0.2, 0) is 26.2 Å². The molecule has 10 heteroatoms. The van der Waals surface area contributed by atoms with Crippen LogP contribution >= 0.6 is 27.7 Å². The van der Waals surface area contributed by atoms with E-state index in [0.717, 1.165) is 50.5 Å². The van der Waals surface area contributed by atoms with Crippen LogP contribution in [0.3, 0.4) is 0 Å². The van der Waals surface area contributed by atoms with Crippen LogP contribution in [0.2, 0.25) is 0 Å². The molecule has 1 N–H and O–H groups in total. The minimum absolute atomic E-state index is 0.0882. The van der Waals surface area contributed by atoms with E-state index in [1.165, 1.54) is 23.1 Å². The lowest BCUT2D eigenvalue weighted by molar-refractivity contribution is -0.139. The average Bonchev–Trinajstić information content (AvgIpc) is 2.99. The van der Waals surface area contributed by atoms with E-state index in [0.29, 0.717) is 5.69 Å². The summed E-state index contributed by atoms with van der Waals surface area (Å²) in [7, 11) is -4.10. The second kappa shape index (κ2) is 14.6. The van der Waals surface area contributed by atoms with Gasteiger partial charge in [-0.3, -0.25) is 13.9 Å². The molecule has 0 aromatic heterocycles. The van der Waals surface area contributed by atoms with E-state index in [1.54, 1.807) is 43.3 Å². The summed E-state index contributed by atoms with van der Waals surface area (Å²) in [5.41, 5.74) is 2.17. The van der Waals surface area contributed by atoms with Gasteiger partial charge in [-0.25, -0.2) is 8.42 Å². The molecule has 0 aliphatic heterocycles. The summed E-state index contributed by atoms with van der Waals surface area (Å²) in [4.78, 5) is 30.1. The standard InChI is InChI=1S/C32H38BrN3O4S2/c1-23-12-14-28(15-13-23)36(42(39,40)30-18-16-29(41-3)17-19-30)22-31(37)35(21-25-8-7-9-26(33)20-25)24(2)32(38)34-27-10-5-4-6-11-27/h7-9,12-20,24,27H,4-6,10-11,21-22H2,1-3H3,(H,34,38). The van der Waals surface area contributed by atoms with Crippen molar-refractivity contribution in [2.45, 2.75) is 74.4 Å². The Balaban J connectivity index is 1.67. The van der Waals surface area contributed by atoms with Gasteiger partial charge in [0.1, 0.15) is 12.6 Å². The van der Waals surface area contributed by atoms with Gasteiger partial charge < -0.3 is 10.2 Å². The van der Waals surface area contributed by atoms with Crippen molar-refractivity contribution in [2.75, 3.05) is 17.1 Å². The van der Waals surface area contributed by atoms with E-state index < -0.39 is 28.5 Å². The third-order valence-corrected chi connectivity index (χ3v) is 10.6. The molecule has 4 rings (SSSR count). The summed E-state index contributed by atoms with van der Waals surface area (Å²) >= 11 is 5.01. The molecule has 3 aromatic carbocycles. The van der Waals surface area contributed by atoms with E-state index in [4.69, 9.17) is 0 Å². The average molecular weight is 673 g/mol. The highest BCUT2D eigenvalue weighted by Gasteiger charge is 2.33. The Bertz CT molecular complexity index is 1470. The minimum atomic E-state index is -4.10. The lowest BCUT2D eigenvalue weighted by Crippen LogP contribution is -2.53. The number of thioether (sulfide) groups is 1. The van der Waals surface area contributed by atoms with Crippen molar-refractivity contribution < 1.29 is 18.0 Å². The van der Waals surface area contributed by atoms with Gasteiger partial charge in [0.25, 0.3) is 10.0 Å². The molecule has 7 nitrogen and oxygen atoms in total. The van der Waals surface area contributed by atoms with Gasteiger partial charge in [0, 0.05) is 22.0 Å². The third-order valence-electron chi connectivity index (χ3n) is 7.61. The molecular weight excluding hydrogens is 634 g/mol. The van der Waals surface area contributed by atoms with Crippen molar-refractivity contribution in [1.29, 1.82) is 0 Å². The highest BCUT2D eigenvalue weighted by atomic mass is 79.9. The molecule has 0 heterocycles. The van der Waals surface area contributed by atoms with E-state index in [1.807, 2.05) is 49.6 Å². The molecular formula is C32H38BrN3O4S2. The molecule has 1 aliphatic carbocycles. The van der Waals surface area contributed by atoms with Crippen LogP contribution in [0.15, 0.2) is 87.1 Å². The van der Waals surface area contributed by atoms with Crippen LogP contribution in [0.25, 0.3) is 0 Å². The van der Waals surface area contributed by atoms with Crippen LogP contribution < -0.4 is 9.62 Å². The first-order valence-corrected chi connectivity index (χ1v) is 17.6. The maximum Gasteiger partial charge on any atom is 0.264 e. The summed E-state index contributed by atoms with van der Waals surface area (Å²) < 4.78 is 30.0. The number of carbonyl (C=O) groups is 2. The summed E-state index contributed by atoms with van der Waals surface area (Å²) in [5, 5.41) is 3.13. The number of anilines is 1. The molecule has 0 bridgehead atoms. The van der Waals surface area contributed by atoms with Gasteiger partial charge in [-0.2, -0.15) is 0 Å². The van der Waals surface area contributed by atoms with Gasteiger partial charge in [0.05, 0.1) is 10.6 Å². The number of aryl methyl sites for hydroxylation is 1. The molecule has 0 radical (unpaired) electrons. The van der Waals surface area contributed by atoms with Crippen molar-refractivity contribution in [3.05, 3.63) is 88.4 Å². The Hall–Kier alpha value is -2.82. The largest absolute Gasteiger partial charge is 0.352 e. The van der Waals surface area contributed by atoms with Gasteiger partial charge >= 0.3 is 0 Å². The normalized spacial score (nSPS) is 14.7. The van der Waals surface area contributed by atoms with E-state index in [2.05, 4.69) is 21.2 Å². The maximum absolute atomic E-state index is 14.1. The molecule has 0 saturated heterocycles. The minimum Gasteiger partial charge on any atom is -0.352 e. The lowest BCUT2D eigenvalue weighted by Gasteiger charge is -2.33. The molecule has 3 aromatic rings. The Labute approximate surface area is 262 Å². The highest BCUT2D eigenvalue weighted by Crippen LogP contribution is 2.27. The molecule has 1 atom stereocenters. The molecule has 1 fully saturated rings. The van der Waals surface area contributed by atoms with Gasteiger partial charge in [0.15, 0.2) is 0 Å². The van der Waals surface area contributed by atoms with Gasteiger partial charge in [0.2, 0.25) is 11.8 Å². The number of hydrogen-bond donors (Lipinski definition) is 1. The number of nitrogens with one attached hydrogen (secondary N) is 1. The molecule has 1 unspecified atom stereocenters. The first kappa shape index (κ1) is 32.1. The van der Waals surface area contributed by atoms with E-state index in [-0.39, 0.29) is 23.4 Å². The Morgan fingerprint density at radius 2 is 1.67 bits per heavy atom. The summed E-state index contributed by atoms with van der Waals surface area (Å²) in [6, 6.07) is 20.5. The zero-order chi connectivity index (χ0) is 30.3. The summed E-state index contributed by atoms with van der Waals surface area (Å²) in [6.45, 7) is 3.33. The van der Waals surface area contributed by atoms with Crippen LogP contribution in [0.1, 0.15) is 50.2 Å². The van der Waals surface area contributed by atoms with Crippen molar-refractivity contribution >= 4 is 55.2 Å². The van der Waals surface area contributed by atoms with Crippen molar-refractivity contribution in [3.8, 4) is 0 Å². The predicted octanol–water partition coefficient (Wildman–Crippen LogP) is 6.54. The molecule has 2 amide bonds. The fourth-order valence-corrected chi connectivity index (χ4v) is 7.37. The van der Waals surface area contributed by atoms with Crippen molar-refractivity contribution in [1.82, 2.24) is 10.2 Å². The number of amides is 2. The van der Waals surface area contributed by atoms with Crippen molar-refractivity contribution in [3.63, 3.8) is 0 Å². The Morgan fingerprint density at radius 3 is 2.29 bits per heavy atom. The quantitative estimate of drug-likeness (QED) is 0.234. The number of rotatable bonds is 11. The Morgan fingerprint density at radius 1 is 1.00 bits per heavy atom. The second-order valence-corrected chi connectivity index (χ2v) is 14.4. The fraction of sp³-hybridized carbons (Fsp3) is 0.375. The second-order valence-electron chi connectivity index (χ2n) is 10.7. The number of sulfonamides is 1. The maximum atomic E-state index is 14.1. The topological polar surface area (TPSA) is 86.8 Å². The number of hydrogen-bond acceptors (Lipinski definition) is 5. The number of nitrogens with zero attached hydrogens (tertiary/aromatic N) is 2. The van der Waals surface area contributed by atoms with Gasteiger partial charge in [-0.05, 0) is 87.0 Å². The van der Waals surface area contributed by atoms with E-state index in [9.17, 15) is 18.0 Å². The Kier molecular flexibility index (Phi) is 11.1. The fourth-order valence-electron chi connectivity index (χ4n) is 5.10. The molecule has 42 heavy (non-hydrogen) atoms. The smallest absolute Gasteiger partial charge is 0.264 e. The SMILES string of the molecule is CSc1ccc(S(=O)(=O)N(CC(=O)N(Cc2cccc(Br)c2)C(C)C(=O)NC2CCCCC2)c2ccc(C)cc2)cc1. The molecule has 224 valence electrons. The number of benzene rings is 3. The van der Waals surface area contributed by atoms with Crippen LogP contribution in [0.4, 0.5) is 5.69 Å².